The van der Waals surface area contributed by atoms with Gasteiger partial charge in [-0.1, -0.05) is 24.3 Å². The highest BCUT2D eigenvalue weighted by atomic mass is 16.5. The van der Waals surface area contributed by atoms with Gasteiger partial charge in [0.05, 0.1) is 13.7 Å². The first kappa shape index (κ1) is 17.3. The third-order valence-corrected chi connectivity index (χ3v) is 4.61. The van der Waals surface area contributed by atoms with E-state index in [1.165, 1.54) is 5.56 Å². The number of benzene rings is 2. The quantitative estimate of drug-likeness (QED) is 0.832. The minimum Gasteiger partial charge on any atom is -0.497 e. The van der Waals surface area contributed by atoms with E-state index in [1.54, 1.807) is 13.2 Å². The van der Waals surface area contributed by atoms with Crippen LogP contribution in [0.15, 0.2) is 48.5 Å². The van der Waals surface area contributed by atoms with E-state index in [2.05, 4.69) is 19.9 Å². The zero-order valence-electron chi connectivity index (χ0n) is 15.1. The molecule has 25 heavy (non-hydrogen) atoms. The molecule has 0 radical (unpaired) electrons. The minimum atomic E-state index is 0.0350. The van der Waals surface area contributed by atoms with Crippen molar-refractivity contribution in [3.8, 4) is 11.5 Å². The van der Waals surface area contributed by atoms with Crippen molar-refractivity contribution in [2.45, 2.75) is 26.3 Å². The Balaban J connectivity index is 1.74. The Hall–Kier alpha value is -2.49. The van der Waals surface area contributed by atoms with Gasteiger partial charge in [0.25, 0.3) is 5.91 Å². The van der Waals surface area contributed by atoms with Gasteiger partial charge < -0.3 is 14.4 Å². The molecule has 2 aromatic carbocycles. The van der Waals surface area contributed by atoms with E-state index in [0.717, 1.165) is 12.2 Å². The number of fused-ring (bicyclic) bond motifs is 1. The third-order valence-electron chi connectivity index (χ3n) is 4.61. The fourth-order valence-corrected chi connectivity index (χ4v) is 3.24. The van der Waals surface area contributed by atoms with Gasteiger partial charge in [-0.3, -0.25) is 4.79 Å². The number of amides is 1. The lowest BCUT2D eigenvalue weighted by molar-refractivity contribution is 0.0636. The molecular weight excluding hydrogens is 314 g/mol. The van der Waals surface area contributed by atoms with Gasteiger partial charge in [-0.25, -0.2) is 0 Å². The number of hydrogen-bond acceptors (Lipinski definition) is 3. The summed E-state index contributed by atoms with van der Waals surface area (Å²) in [6.07, 6.45) is 0.935. The Kier molecular flexibility index (Phi) is 5.27. The standard InChI is InChI=1S/C21H25NO3/c1-15(2)22(21(23)18-8-6-9-19(12-18)24-3)13-16-11-17-7-4-5-10-20(17)25-14-16/h4-10,12,15-16H,11,13-14H2,1-3H3. The maximum Gasteiger partial charge on any atom is 0.254 e. The molecule has 1 heterocycles. The number of para-hydroxylation sites is 1. The van der Waals surface area contributed by atoms with Crippen molar-refractivity contribution in [1.29, 1.82) is 0 Å². The van der Waals surface area contributed by atoms with Crippen molar-refractivity contribution in [2.75, 3.05) is 20.3 Å². The lowest BCUT2D eigenvalue weighted by atomic mass is 9.95. The Morgan fingerprint density at radius 3 is 2.80 bits per heavy atom. The van der Waals surface area contributed by atoms with Crippen molar-refractivity contribution in [3.63, 3.8) is 0 Å². The molecule has 4 nitrogen and oxygen atoms in total. The average Bonchev–Trinajstić information content (AvgIpc) is 2.65. The summed E-state index contributed by atoms with van der Waals surface area (Å²) < 4.78 is 11.1. The molecule has 0 N–H and O–H groups in total. The predicted octanol–water partition coefficient (Wildman–Crippen LogP) is 3.80. The summed E-state index contributed by atoms with van der Waals surface area (Å²) in [7, 11) is 1.61. The Labute approximate surface area is 149 Å². The van der Waals surface area contributed by atoms with Gasteiger partial charge in [-0.2, -0.15) is 0 Å². The van der Waals surface area contributed by atoms with Crippen LogP contribution in [-0.2, 0) is 6.42 Å². The largest absolute Gasteiger partial charge is 0.497 e. The summed E-state index contributed by atoms with van der Waals surface area (Å²) in [5.41, 5.74) is 1.88. The van der Waals surface area contributed by atoms with Crippen LogP contribution in [0, 0.1) is 5.92 Å². The van der Waals surface area contributed by atoms with Gasteiger partial charge in [-0.05, 0) is 50.1 Å². The second-order valence-corrected chi connectivity index (χ2v) is 6.77. The van der Waals surface area contributed by atoms with Gasteiger partial charge in [0.1, 0.15) is 11.5 Å². The molecule has 1 aliphatic heterocycles. The second kappa shape index (κ2) is 7.60. The van der Waals surface area contributed by atoms with Gasteiger partial charge in [-0.15, -0.1) is 0 Å². The van der Waals surface area contributed by atoms with Crippen LogP contribution in [0.25, 0.3) is 0 Å². The van der Waals surface area contributed by atoms with Crippen LogP contribution in [0.3, 0.4) is 0 Å². The SMILES string of the molecule is COc1cccc(C(=O)N(CC2COc3ccccc3C2)C(C)C)c1. The van der Waals surface area contributed by atoms with Crippen molar-refractivity contribution in [2.24, 2.45) is 5.92 Å². The number of carbonyl (C=O) groups excluding carboxylic acids is 1. The highest BCUT2D eigenvalue weighted by Gasteiger charge is 2.26. The minimum absolute atomic E-state index is 0.0350. The van der Waals surface area contributed by atoms with Crippen molar-refractivity contribution < 1.29 is 14.3 Å². The maximum atomic E-state index is 13.0. The molecule has 4 heteroatoms. The first-order chi connectivity index (χ1) is 12.1. The smallest absolute Gasteiger partial charge is 0.254 e. The first-order valence-electron chi connectivity index (χ1n) is 8.74. The molecule has 2 aromatic rings. The van der Waals surface area contributed by atoms with Crippen LogP contribution in [0.1, 0.15) is 29.8 Å². The van der Waals surface area contributed by atoms with Crippen molar-refractivity contribution in [3.05, 3.63) is 59.7 Å². The molecule has 0 fully saturated rings. The van der Waals surface area contributed by atoms with Crippen LogP contribution in [0.5, 0.6) is 11.5 Å². The van der Waals surface area contributed by atoms with Gasteiger partial charge in [0, 0.05) is 24.1 Å². The molecule has 1 atom stereocenters. The van der Waals surface area contributed by atoms with Crippen molar-refractivity contribution >= 4 is 5.91 Å². The molecule has 1 unspecified atom stereocenters. The monoisotopic (exact) mass is 339 g/mol. The summed E-state index contributed by atoms with van der Waals surface area (Å²) in [6, 6.07) is 15.6. The lowest BCUT2D eigenvalue weighted by Crippen LogP contribution is -2.43. The van der Waals surface area contributed by atoms with E-state index in [1.807, 2.05) is 41.3 Å². The van der Waals surface area contributed by atoms with Crippen LogP contribution < -0.4 is 9.47 Å². The van der Waals surface area contributed by atoms with Crippen LogP contribution in [0.2, 0.25) is 0 Å². The molecule has 1 aliphatic rings. The number of hydrogen-bond donors (Lipinski definition) is 0. The second-order valence-electron chi connectivity index (χ2n) is 6.77. The fraction of sp³-hybridized carbons (Fsp3) is 0.381. The van der Waals surface area contributed by atoms with Crippen LogP contribution in [0.4, 0.5) is 0 Å². The molecule has 0 saturated carbocycles. The molecule has 1 amide bonds. The Morgan fingerprint density at radius 1 is 1.24 bits per heavy atom. The van der Waals surface area contributed by atoms with Gasteiger partial charge in [0.15, 0.2) is 0 Å². The summed E-state index contributed by atoms with van der Waals surface area (Å²) in [5, 5.41) is 0. The maximum absolute atomic E-state index is 13.0. The zero-order chi connectivity index (χ0) is 17.8. The molecule has 0 aliphatic carbocycles. The van der Waals surface area contributed by atoms with Crippen molar-refractivity contribution in [1.82, 2.24) is 4.90 Å². The summed E-state index contributed by atoms with van der Waals surface area (Å²) in [6.45, 7) is 5.43. The highest BCUT2D eigenvalue weighted by Crippen LogP contribution is 2.28. The van der Waals surface area contributed by atoms with E-state index in [9.17, 15) is 4.79 Å². The number of rotatable bonds is 5. The molecule has 0 bridgehead atoms. The van der Waals surface area contributed by atoms with Gasteiger partial charge >= 0.3 is 0 Å². The van der Waals surface area contributed by atoms with E-state index in [0.29, 0.717) is 30.4 Å². The van der Waals surface area contributed by atoms with E-state index in [-0.39, 0.29) is 11.9 Å². The molecule has 0 saturated heterocycles. The normalized spacial score (nSPS) is 16.1. The highest BCUT2D eigenvalue weighted by molar-refractivity contribution is 5.94. The van der Waals surface area contributed by atoms with E-state index < -0.39 is 0 Å². The van der Waals surface area contributed by atoms with E-state index >= 15 is 0 Å². The summed E-state index contributed by atoms with van der Waals surface area (Å²) >= 11 is 0. The molecule has 132 valence electrons. The van der Waals surface area contributed by atoms with Crippen LogP contribution >= 0.6 is 0 Å². The topological polar surface area (TPSA) is 38.8 Å². The summed E-state index contributed by atoms with van der Waals surface area (Å²) in [4.78, 5) is 14.9. The fourth-order valence-electron chi connectivity index (χ4n) is 3.24. The molecular formula is C21H25NO3. The number of carbonyl (C=O) groups is 1. The number of methoxy groups -OCH3 is 1. The predicted molar refractivity (Wildman–Crippen MR) is 98.3 cm³/mol. The zero-order valence-corrected chi connectivity index (χ0v) is 15.1. The molecule has 3 rings (SSSR count). The number of nitrogens with zero attached hydrogens (tertiary/aromatic N) is 1. The Bertz CT molecular complexity index is 741. The first-order valence-corrected chi connectivity index (χ1v) is 8.74. The average molecular weight is 339 g/mol. The molecule has 0 spiro atoms. The van der Waals surface area contributed by atoms with Crippen LogP contribution in [-0.4, -0.2) is 37.1 Å². The lowest BCUT2D eigenvalue weighted by Gasteiger charge is -2.33. The third kappa shape index (κ3) is 3.95. The Morgan fingerprint density at radius 2 is 2.04 bits per heavy atom. The van der Waals surface area contributed by atoms with Gasteiger partial charge in [0.2, 0.25) is 0 Å². The number of ether oxygens (including phenoxy) is 2. The molecule has 0 aromatic heterocycles. The van der Waals surface area contributed by atoms with E-state index in [4.69, 9.17) is 9.47 Å². The summed E-state index contributed by atoms with van der Waals surface area (Å²) in [5.74, 6) is 2.00.